The zero-order valence-corrected chi connectivity index (χ0v) is 12.2. The van der Waals surface area contributed by atoms with Crippen LogP contribution in [0.4, 0.5) is 5.82 Å². The van der Waals surface area contributed by atoms with E-state index in [9.17, 15) is 0 Å². The summed E-state index contributed by atoms with van der Waals surface area (Å²) in [6, 6.07) is 10.5. The van der Waals surface area contributed by atoms with Gasteiger partial charge in [0.05, 0.1) is 6.33 Å². The molecular formula is C16H19N5. The van der Waals surface area contributed by atoms with E-state index < -0.39 is 0 Å². The quantitative estimate of drug-likeness (QED) is 0.706. The van der Waals surface area contributed by atoms with E-state index in [4.69, 9.17) is 0 Å². The monoisotopic (exact) mass is 281 g/mol. The molecule has 0 atom stereocenters. The highest BCUT2D eigenvalue weighted by molar-refractivity contribution is 5.82. The van der Waals surface area contributed by atoms with Gasteiger partial charge in [-0.05, 0) is 25.3 Å². The molecule has 3 aromatic rings. The number of nitrogens with zero attached hydrogens (tertiary/aromatic N) is 4. The zero-order valence-electron chi connectivity index (χ0n) is 12.2. The minimum absolute atomic E-state index is 0.820. The largest absolute Gasteiger partial charge is 0.368 e. The lowest BCUT2D eigenvalue weighted by atomic mass is 10.1. The highest BCUT2D eigenvalue weighted by atomic mass is 15.1. The van der Waals surface area contributed by atoms with Gasteiger partial charge in [0.2, 0.25) is 0 Å². The van der Waals surface area contributed by atoms with E-state index in [1.54, 1.807) is 6.33 Å². The maximum Gasteiger partial charge on any atom is 0.165 e. The van der Waals surface area contributed by atoms with Gasteiger partial charge < -0.3 is 9.88 Å². The van der Waals surface area contributed by atoms with Crippen LogP contribution in [0.15, 0.2) is 43.0 Å². The average Bonchev–Trinajstić information content (AvgIpc) is 2.96. The molecule has 0 bridgehead atoms. The molecule has 2 aromatic heterocycles. The lowest BCUT2D eigenvalue weighted by Gasteiger charge is -2.06. The number of aromatic nitrogens is 4. The molecule has 0 saturated heterocycles. The van der Waals surface area contributed by atoms with E-state index in [0.717, 1.165) is 42.9 Å². The number of aryl methyl sites for hydroxylation is 2. The Morgan fingerprint density at radius 1 is 1.10 bits per heavy atom. The third-order valence-electron chi connectivity index (χ3n) is 3.52. The maximum absolute atomic E-state index is 4.40. The van der Waals surface area contributed by atoms with E-state index in [2.05, 4.69) is 51.5 Å². The molecule has 21 heavy (non-hydrogen) atoms. The van der Waals surface area contributed by atoms with Crippen LogP contribution in [0, 0.1) is 0 Å². The molecule has 1 aromatic carbocycles. The topological polar surface area (TPSA) is 55.6 Å². The van der Waals surface area contributed by atoms with Gasteiger partial charge in [0.1, 0.15) is 11.8 Å². The van der Waals surface area contributed by atoms with Gasteiger partial charge in [-0.25, -0.2) is 15.0 Å². The summed E-state index contributed by atoms with van der Waals surface area (Å²) >= 11 is 0. The smallest absolute Gasteiger partial charge is 0.165 e. The van der Waals surface area contributed by atoms with Crippen molar-refractivity contribution in [3.63, 3.8) is 0 Å². The lowest BCUT2D eigenvalue weighted by Crippen LogP contribution is -2.06. The first-order valence-corrected chi connectivity index (χ1v) is 7.32. The Balaban J connectivity index is 1.62. The van der Waals surface area contributed by atoms with Gasteiger partial charge in [-0.3, -0.25) is 0 Å². The molecule has 2 heterocycles. The van der Waals surface area contributed by atoms with E-state index in [0.29, 0.717) is 0 Å². The van der Waals surface area contributed by atoms with Crippen molar-refractivity contribution in [1.29, 1.82) is 0 Å². The van der Waals surface area contributed by atoms with Crippen LogP contribution in [-0.4, -0.2) is 26.1 Å². The van der Waals surface area contributed by atoms with Crippen LogP contribution < -0.4 is 5.32 Å². The van der Waals surface area contributed by atoms with Crippen LogP contribution in [0.5, 0.6) is 0 Å². The number of benzene rings is 1. The highest BCUT2D eigenvalue weighted by Crippen LogP contribution is 2.17. The molecular weight excluding hydrogens is 262 g/mol. The number of nitrogens with one attached hydrogen (secondary N) is 1. The van der Waals surface area contributed by atoms with Crippen LogP contribution in [0.2, 0.25) is 0 Å². The van der Waals surface area contributed by atoms with Crippen molar-refractivity contribution in [2.24, 2.45) is 0 Å². The molecule has 0 aliphatic rings. The predicted molar refractivity (Wildman–Crippen MR) is 84.2 cm³/mol. The van der Waals surface area contributed by atoms with Crippen LogP contribution in [0.25, 0.3) is 11.2 Å². The standard InChI is InChI=1S/C16H19N5/c1-2-21-12-20-14-15(18-11-19-16(14)21)17-10-6-9-13-7-4-3-5-8-13/h3-5,7-8,11-12H,2,6,9-10H2,1H3,(H,17,18,19). The van der Waals surface area contributed by atoms with Gasteiger partial charge in [0, 0.05) is 13.1 Å². The Bertz CT molecular complexity index is 705. The van der Waals surface area contributed by atoms with E-state index >= 15 is 0 Å². The summed E-state index contributed by atoms with van der Waals surface area (Å²) in [5.74, 6) is 0.820. The molecule has 0 unspecified atom stereocenters. The molecule has 0 radical (unpaired) electrons. The number of rotatable bonds is 6. The van der Waals surface area contributed by atoms with Crippen molar-refractivity contribution in [2.45, 2.75) is 26.3 Å². The summed E-state index contributed by atoms with van der Waals surface area (Å²) in [5.41, 5.74) is 3.10. The second-order valence-electron chi connectivity index (χ2n) is 4.94. The number of anilines is 1. The van der Waals surface area contributed by atoms with Crippen LogP contribution >= 0.6 is 0 Å². The maximum atomic E-state index is 4.40. The fraction of sp³-hybridized carbons (Fsp3) is 0.312. The Hall–Kier alpha value is -2.43. The Morgan fingerprint density at radius 3 is 2.76 bits per heavy atom. The lowest BCUT2D eigenvalue weighted by molar-refractivity contribution is 0.777. The van der Waals surface area contributed by atoms with E-state index in [1.807, 2.05) is 17.0 Å². The molecule has 108 valence electrons. The second-order valence-corrected chi connectivity index (χ2v) is 4.94. The minimum Gasteiger partial charge on any atom is -0.368 e. The van der Waals surface area contributed by atoms with Crippen molar-refractivity contribution in [1.82, 2.24) is 19.5 Å². The first-order chi connectivity index (χ1) is 10.4. The molecule has 0 amide bonds. The van der Waals surface area contributed by atoms with Gasteiger partial charge in [-0.2, -0.15) is 0 Å². The van der Waals surface area contributed by atoms with Gasteiger partial charge in [-0.1, -0.05) is 30.3 Å². The number of fused-ring (bicyclic) bond motifs is 1. The van der Waals surface area contributed by atoms with E-state index in [1.165, 1.54) is 5.56 Å². The Kier molecular flexibility index (Phi) is 4.09. The summed E-state index contributed by atoms with van der Waals surface area (Å²) in [6.07, 6.45) is 5.53. The predicted octanol–water partition coefficient (Wildman–Crippen LogP) is 2.89. The van der Waals surface area contributed by atoms with Gasteiger partial charge in [-0.15, -0.1) is 0 Å². The molecule has 5 heteroatoms. The first kappa shape index (κ1) is 13.5. The summed E-state index contributed by atoms with van der Waals surface area (Å²) in [5, 5.41) is 3.37. The molecule has 1 N–H and O–H groups in total. The second kappa shape index (κ2) is 6.35. The molecule has 5 nitrogen and oxygen atoms in total. The molecule has 3 rings (SSSR count). The number of imidazole rings is 1. The number of hydrogen-bond acceptors (Lipinski definition) is 4. The third-order valence-corrected chi connectivity index (χ3v) is 3.52. The summed E-state index contributed by atoms with van der Waals surface area (Å²) in [7, 11) is 0. The van der Waals surface area contributed by atoms with Crippen molar-refractivity contribution in [3.05, 3.63) is 48.5 Å². The molecule has 0 aliphatic heterocycles. The molecule has 0 aliphatic carbocycles. The fourth-order valence-corrected chi connectivity index (χ4v) is 2.39. The van der Waals surface area contributed by atoms with Gasteiger partial charge >= 0.3 is 0 Å². The average molecular weight is 281 g/mol. The number of hydrogen-bond donors (Lipinski definition) is 1. The van der Waals surface area contributed by atoms with Crippen LogP contribution in [-0.2, 0) is 13.0 Å². The minimum atomic E-state index is 0.820. The summed E-state index contributed by atoms with van der Waals surface area (Å²) < 4.78 is 2.02. The third kappa shape index (κ3) is 3.02. The first-order valence-electron chi connectivity index (χ1n) is 7.32. The fourth-order valence-electron chi connectivity index (χ4n) is 2.39. The summed E-state index contributed by atoms with van der Waals surface area (Å²) in [4.78, 5) is 13.0. The molecule has 0 spiro atoms. The van der Waals surface area contributed by atoms with E-state index in [-0.39, 0.29) is 0 Å². The normalized spacial score (nSPS) is 10.9. The molecule has 0 saturated carbocycles. The Labute approximate surface area is 124 Å². The van der Waals surface area contributed by atoms with Crippen molar-refractivity contribution < 1.29 is 0 Å². The molecule has 0 fully saturated rings. The zero-order chi connectivity index (χ0) is 14.5. The van der Waals surface area contributed by atoms with Crippen molar-refractivity contribution >= 4 is 17.0 Å². The van der Waals surface area contributed by atoms with Crippen LogP contribution in [0.1, 0.15) is 18.9 Å². The van der Waals surface area contributed by atoms with Gasteiger partial charge in [0.25, 0.3) is 0 Å². The SMILES string of the molecule is CCn1cnc2c(NCCCc3ccccc3)ncnc21. The highest BCUT2D eigenvalue weighted by Gasteiger charge is 2.08. The summed E-state index contributed by atoms with van der Waals surface area (Å²) in [6.45, 7) is 3.82. The van der Waals surface area contributed by atoms with Crippen molar-refractivity contribution in [3.8, 4) is 0 Å². The van der Waals surface area contributed by atoms with Crippen molar-refractivity contribution in [2.75, 3.05) is 11.9 Å². The Morgan fingerprint density at radius 2 is 1.95 bits per heavy atom. The van der Waals surface area contributed by atoms with Crippen LogP contribution in [0.3, 0.4) is 0 Å². The van der Waals surface area contributed by atoms with Gasteiger partial charge in [0.15, 0.2) is 11.5 Å².